The zero-order valence-electron chi connectivity index (χ0n) is 15.0. The lowest BCUT2D eigenvalue weighted by Crippen LogP contribution is -2.29. The fourth-order valence-electron chi connectivity index (χ4n) is 3.61. The van der Waals surface area contributed by atoms with Crippen LogP contribution in [0.3, 0.4) is 0 Å². The van der Waals surface area contributed by atoms with Gasteiger partial charge in [0, 0.05) is 27.5 Å². The molecule has 8 nitrogen and oxygen atoms in total. The van der Waals surface area contributed by atoms with Gasteiger partial charge in [0.25, 0.3) is 0 Å². The van der Waals surface area contributed by atoms with Crippen molar-refractivity contribution in [3.05, 3.63) is 58.1 Å². The second-order valence-corrected chi connectivity index (χ2v) is 7.30. The van der Waals surface area contributed by atoms with E-state index in [1.807, 2.05) is 36.4 Å². The van der Waals surface area contributed by atoms with Crippen LogP contribution in [0.2, 0.25) is 5.02 Å². The molecule has 2 heterocycles. The lowest BCUT2D eigenvalue weighted by atomic mass is 9.85. The highest BCUT2D eigenvalue weighted by Gasteiger charge is 2.25. The zero-order valence-corrected chi connectivity index (χ0v) is 15.8. The van der Waals surface area contributed by atoms with Gasteiger partial charge in [0.15, 0.2) is 5.65 Å². The van der Waals surface area contributed by atoms with Gasteiger partial charge in [-0.2, -0.15) is 0 Å². The number of carbonyl (C=O) groups excluding carboxylic acids is 1. The summed E-state index contributed by atoms with van der Waals surface area (Å²) in [5.74, 6) is 0.219. The van der Waals surface area contributed by atoms with E-state index in [0.29, 0.717) is 17.9 Å². The van der Waals surface area contributed by atoms with Crippen LogP contribution in [0.15, 0.2) is 47.7 Å². The zero-order chi connectivity index (χ0) is 19.5. The van der Waals surface area contributed by atoms with Crippen molar-refractivity contribution in [1.82, 2.24) is 14.6 Å². The summed E-state index contributed by atoms with van der Waals surface area (Å²) in [6, 6.07) is 11.6. The van der Waals surface area contributed by atoms with Crippen LogP contribution in [0.4, 0.5) is 5.82 Å². The molecule has 1 N–H and O–H groups in total. The summed E-state index contributed by atoms with van der Waals surface area (Å²) in [6.07, 6.45) is 4.84. The normalized spacial score (nSPS) is 19.2. The molecule has 3 aromatic rings. The molecule has 0 bridgehead atoms. The second-order valence-electron chi connectivity index (χ2n) is 6.86. The Balaban J connectivity index is 1.50. The van der Waals surface area contributed by atoms with Crippen molar-refractivity contribution >= 4 is 29.0 Å². The quantitative estimate of drug-likeness (QED) is 0.386. The Morgan fingerprint density at radius 1 is 1.25 bits per heavy atom. The summed E-state index contributed by atoms with van der Waals surface area (Å²) >= 11 is 6.11. The minimum absolute atomic E-state index is 0.174. The highest BCUT2D eigenvalue weighted by molar-refractivity contribution is 6.30. The third kappa shape index (κ3) is 3.78. The minimum atomic E-state index is -0.356. The molecule has 4 rings (SSSR count). The molecule has 1 aliphatic rings. The van der Waals surface area contributed by atoms with Gasteiger partial charge in [-0.15, -0.1) is 5.10 Å². The Labute approximate surface area is 166 Å². The number of imidazole rings is 1. The Hall–Kier alpha value is -3.09. The third-order valence-electron chi connectivity index (χ3n) is 5.05. The van der Waals surface area contributed by atoms with Crippen LogP contribution in [0, 0.1) is 5.92 Å². The maximum Gasteiger partial charge on any atom is 0.222 e. The number of nitrogens with zero attached hydrogens (tertiary/aromatic N) is 6. The maximum absolute atomic E-state index is 11.7. The van der Waals surface area contributed by atoms with Crippen molar-refractivity contribution in [1.29, 1.82) is 0 Å². The molecule has 1 aliphatic carbocycles. The summed E-state index contributed by atoms with van der Waals surface area (Å²) in [7, 11) is 0. The predicted molar refractivity (Wildman–Crippen MR) is 107 cm³/mol. The molecule has 0 radical (unpaired) electrons. The first-order valence-electron chi connectivity index (χ1n) is 9.10. The monoisotopic (exact) mass is 395 g/mol. The van der Waals surface area contributed by atoms with E-state index >= 15 is 0 Å². The molecular weight excluding hydrogens is 378 g/mol. The van der Waals surface area contributed by atoms with E-state index in [1.54, 1.807) is 10.7 Å². The molecule has 0 unspecified atom stereocenters. The minimum Gasteiger partial charge on any atom is -0.366 e. The fourth-order valence-corrected chi connectivity index (χ4v) is 3.80. The molecule has 0 atom stereocenters. The van der Waals surface area contributed by atoms with Crippen molar-refractivity contribution in [3.63, 3.8) is 0 Å². The largest absolute Gasteiger partial charge is 0.366 e. The van der Waals surface area contributed by atoms with Crippen molar-refractivity contribution in [2.75, 3.05) is 5.32 Å². The Kier molecular flexibility index (Phi) is 5.14. The number of carbonyl (C=O) groups is 1. The number of nitrogens with one attached hydrogen (secondary N) is 1. The second kappa shape index (κ2) is 7.88. The molecular formula is C19H18ClN7O. The van der Waals surface area contributed by atoms with E-state index in [-0.39, 0.29) is 17.9 Å². The van der Waals surface area contributed by atoms with Crippen LogP contribution in [0.5, 0.6) is 0 Å². The molecule has 142 valence electrons. The molecule has 9 heteroatoms. The van der Waals surface area contributed by atoms with Gasteiger partial charge >= 0.3 is 0 Å². The number of hydrogen-bond acceptors (Lipinski definition) is 4. The first kappa shape index (κ1) is 18.3. The van der Waals surface area contributed by atoms with Gasteiger partial charge in [0.1, 0.15) is 5.82 Å². The average Bonchev–Trinajstić information content (AvgIpc) is 3.12. The van der Waals surface area contributed by atoms with Crippen LogP contribution in [0.1, 0.15) is 25.7 Å². The Morgan fingerprint density at radius 2 is 2.07 bits per heavy atom. The highest BCUT2D eigenvalue weighted by atomic mass is 35.5. The molecule has 0 saturated heterocycles. The van der Waals surface area contributed by atoms with Gasteiger partial charge in [-0.25, -0.2) is 9.50 Å². The van der Waals surface area contributed by atoms with Gasteiger partial charge in [-0.05, 0) is 60.6 Å². The maximum atomic E-state index is 11.7. The van der Waals surface area contributed by atoms with Gasteiger partial charge in [-0.3, -0.25) is 4.79 Å². The number of azide groups is 1. The van der Waals surface area contributed by atoms with E-state index in [0.717, 1.165) is 35.6 Å². The fraction of sp³-hybridized carbons (Fsp3) is 0.316. The lowest BCUT2D eigenvalue weighted by molar-refractivity contribution is -0.122. The number of amides is 1. The van der Waals surface area contributed by atoms with Gasteiger partial charge in [-0.1, -0.05) is 23.7 Å². The van der Waals surface area contributed by atoms with Crippen molar-refractivity contribution in [3.8, 4) is 11.3 Å². The van der Waals surface area contributed by atoms with Crippen molar-refractivity contribution in [2.45, 2.75) is 31.7 Å². The summed E-state index contributed by atoms with van der Waals surface area (Å²) in [5.41, 5.74) is 11.0. The van der Waals surface area contributed by atoms with E-state index < -0.39 is 0 Å². The van der Waals surface area contributed by atoms with Crippen LogP contribution in [0.25, 0.3) is 27.3 Å². The van der Waals surface area contributed by atoms with E-state index in [4.69, 9.17) is 17.1 Å². The van der Waals surface area contributed by atoms with Gasteiger partial charge < -0.3 is 5.32 Å². The van der Waals surface area contributed by atoms with Gasteiger partial charge in [0.05, 0.1) is 11.9 Å². The average molecular weight is 396 g/mol. The molecule has 0 spiro atoms. The molecule has 2 aromatic heterocycles. The van der Waals surface area contributed by atoms with Crippen LogP contribution < -0.4 is 5.32 Å². The molecule has 0 aliphatic heterocycles. The lowest BCUT2D eigenvalue weighted by Gasteiger charge is -2.27. The number of anilines is 1. The SMILES string of the molecule is [N-]=[N+]=NC(=O)C1CCC(Nc2ccc3ncc(-c4cccc(Cl)c4)n3n2)CC1. The molecule has 28 heavy (non-hydrogen) atoms. The molecule has 1 saturated carbocycles. The van der Waals surface area contributed by atoms with Gasteiger partial charge in [0.2, 0.25) is 5.91 Å². The first-order chi connectivity index (χ1) is 13.6. The summed E-state index contributed by atoms with van der Waals surface area (Å²) in [5, 5.41) is 12.0. The number of rotatable bonds is 4. The number of aromatic nitrogens is 3. The summed E-state index contributed by atoms with van der Waals surface area (Å²) < 4.78 is 1.80. The van der Waals surface area contributed by atoms with Crippen molar-refractivity contribution < 1.29 is 4.79 Å². The van der Waals surface area contributed by atoms with Crippen LogP contribution in [-0.2, 0) is 4.79 Å². The van der Waals surface area contributed by atoms with E-state index in [2.05, 4.69) is 25.4 Å². The van der Waals surface area contributed by atoms with E-state index in [1.165, 1.54) is 0 Å². The highest BCUT2D eigenvalue weighted by Crippen LogP contribution is 2.28. The smallest absolute Gasteiger partial charge is 0.222 e. The molecule has 1 fully saturated rings. The Bertz CT molecular complexity index is 1070. The third-order valence-corrected chi connectivity index (χ3v) is 5.29. The van der Waals surface area contributed by atoms with Crippen molar-refractivity contribution in [2.24, 2.45) is 11.0 Å². The summed E-state index contributed by atoms with van der Waals surface area (Å²) in [6.45, 7) is 0. The molecule has 1 aromatic carbocycles. The standard InChI is InChI=1S/C19H18ClN7O/c20-14-3-1-2-13(10-14)16-11-22-18-9-8-17(25-27(16)18)23-15-6-4-12(5-7-15)19(28)24-26-21/h1-3,8-12,15H,4-7H2,(H,23,25). The number of fused-ring (bicyclic) bond motifs is 1. The van der Waals surface area contributed by atoms with Crippen LogP contribution in [-0.4, -0.2) is 26.5 Å². The number of hydrogen-bond donors (Lipinski definition) is 1. The van der Waals surface area contributed by atoms with E-state index in [9.17, 15) is 4.79 Å². The molecule has 1 amide bonds. The Morgan fingerprint density at radius 3 is 2.82 bits per heavy atom. The van der Waals surface area contributed by atoms with Crippen LogP contribution >= 0.6 is 11.6 Å². The topological polar surface area (TPSA) is 108 Å². The number of benzene rings is 1. The predicted octanol–water partition coefficient (Wildman–Crippen LogP) is 4.86. The first-order valence-corrected chi connectivity index (χ1v) is 9.48. The summed E-state index contributed by atoms with van der Waals surface area (Å²) in [4.78, 5) is 18.7. The number of halogens is 1.